The first-order valence-corrected chi connectivity index (χ1v) is 12.9. The molecule has 0 spiro atoms. The van der Waals surface area contributed by atoms with Crippen LogP contribution in [-0.2, 0) is 21.4 Å². The quantitative estimate of drug-likeness (QED) is 0.603. The molecule has 2 aromatic carbocycles. The first-order valence-electron chi connectivity index (χ1n) is 11.5. The van der Waals surface area contributed by atoms with Gasteiger partial charge in [-0.2, -0.15) is 4.31 Å². The van der Waals surface area contributed by atoms with Gasteiger partial charge in [-0.1, -0.05) is 29.8 Å². The lowest BCUT2D eigenvalue weighted by Crippen LogP contribution is -2.44. The van der Waals surface area contributed by atoms with Crippen molar-refractivity contribution in [3.63, 3.8) is 0 Å². The molecular weight excluding hydrogens is 424 g/mol. The van der Waals surface area contributed by atoms with Gasteiger partial charge in [-0.3, -0.25) is 4.79 Å². The van der Waals surface area contributed by atoms with Gasteiger partial charge in [0, 0.05) is 31.6 Å². The molecule has 1 aliphatic heterocycles. The molecule has 1 aliphatic carbocycles. The van der Waals surface area contributed by atoms with Crippen LogP contribution in [-0.4, -0.2) is 49.3 Å². The Kier molecular flexibility index (Phi) is 6.86. The molecule has 1 amide bonds. The van der Waals surface area contributed by atoms with Crippen molar-refractivity contribution in [3.05, 3.63) is 59.7 Å². The lowest BCUT2D eigenvalue weighted by atomic mass is 9.96. The minimum atomic E-state index is -3.57. The van der Waals surface area contributed by atoms with E-state index in [1.54, 1.807) is 24.3 Å². The van der Waals surface area contributed by atoms with Gasteiger partial charge in [0.2, 0.25) is 15.9 Å². The maximum absolute atomic E-state index is 13.3. The van der Waals surface area contributed by atoms with E-state index in [1.807, 2.05) is 11.8 Å². The van der Waals surface area contributed by atoms with Crippen LogP contribution in [0.25, 0.3) is 0 Å². The Morgan fingerprint density at radius 2 is 1.62 bits per heavy atom. The number of nitrogens with zero attached hydrogens (tertiary/aromatic N) is 2. The summed E-state index contributed by atoms with van der Waals surface area (Å²) in [7, 11) is -3.57. The van der Waals surface area contributed by atoms with Gasteiger partial charge in [0.05, 0.1) is 11.5 Å². The molecule has 6 nitrogen and oxygen atoms in total. The molecule has 2 fully saturated rings. The van der Waals surface area contributed by atoms with E-state index in [0.29, 0.717) is 50.9 Å². The van der Waals surface area contributed by atoms with Gasteiger partial charge in [0.15, 0.2) is 0 Å². The Morgan fingerprint density at radius 3 is 2.19 bits per heavy atom. The van der Waals surface area contributed by atoms with Crippen LogP contribution in [0.1, 0.15) is 43.7 Å². The second-order valence-electron chi connectivity index (χ2n) is 8.77. The fourth-order valence-corrected chi connectivity index (χ4v) is 5.73. The highest BCUT2D eigenvalue weighted by Crippen LogP contribution is 2.33. The molecular formula is C25H32N2O4S. The zero-order valence-corrected chi connectivity index (χ0v) is 19.7. The van der Waals surface area contributed by atoms with E-state index < -0.39 is 10.0 Å². The highest BCUT2D eigenvalue weighted by molar-refractivity contribution is 7.89. The Hall–Kier alpha value is -2.38. The number of rotatable bonds is 8. The van der Waals surface area contributed by atoms with Crippen molar-refractivity contribution in [2.75, 3.05) is 19.7 Å². The number of sulfonamides is 1. The van der Waals surface area contributed by atoms with Crippen molar-refractivity contribution in [3.8, 4) is 5.75 Å². The third-order valence-electron chi connectivity index (χ3n) is 6.32. The number of ether oxygens (including phenoxy) is 1. The first-order chi connectivity index (χ1) is 15.4. The van der Waals surface area contributed by atoms with Crippen molar-refractivity contribution >= 4 is 15.9 Å². The number of amides is 1. The van der Waals surface area contributed by atoms with E-state index in [9.17, 15) is 13.2 Å². The minimum absolute atomic E-state index is 0.118. The molecule has 1 heterocycles. The van der Waals surface area contributed by atoms with E-state index in [1.165, 1.54) is 9.87 Å². The molecule has 4 rings (SSSR count). The topological polar surface area (TPSA) is 66.9 Å². The SMILES string of the molecule is CCOc1ccc(S(=O)(=O)N2CCC(C(=O)N(Cc3ccc(C)cc3)C3CC3)CC2)cc1. The van der Waals surface area contributed by atoms with Crippen LogP contribution in [0, 0.1) is 12.8 Å². The van der Waals surface area contributed by atoms with Crippen molar-refractivity contribution in [2.24, 2.45) is 5.92 Å². The zero-order chi connectivity index (χ0) is 22.7. The second kappa shape index (κ2) is 9.63. The van der Waals surface area contributed by atoms with E-state index in [-0.39, 0.29) is 16.7 Å². The van der Waals surface area contributed by atoms with Crippen LogP contribution in [0.15, 0.2) is 53.4 Å². The molecule has 0 atom stereocenters. The summed E-state index contributed by atoms with van der Waals surface area (Å²) in [5.41, 5.74) is 2.35. The molecule has 0 bridgehead atoms. The maximum Gasteiger partial charge on any atom is 0.243 e. The summed E-state index contributed by atoms with van der Waals surface area (Å²) in [5, 5.41) is 0. The number of hydrogen-bond acceptors (Lipinski definition) is 4. The number of aryl methyl sites for hydroxylation is 1. The summed E-state index contributed by atoms with van der Waals surface area (Å²) < 4.78 is 33.0. The molecule has 2 aromatic rings. The van der Waals surface area contributed by atoms with Crippen LogP contribution in [0.2, 0.25) is 0 Å². The highest BCUT2D eigenvalue weighted by atomic mass is 32.2. The van der Waals surface area contributed by atoms with Crippen molar-refractivity contribution in [1.29, 1.82) is 0 Å². The van der Waals surface area contributed by atoms with E-state index in [4.69, 9.17) is 4.74 Å². The highest BCUT2D eigenvalue weighted by Gasteiger charge is 2.38. The summed E-state index contributed by atoms with van der Waals surface area (Å²) in [6.45, 7) is 5.86. The van der Waals surface area contributed by atoms with Gasteiger partial charge >= 0.3 is 0 Å². The zero-order valence-electron chi connectivity index (χ0n) is 18.9. The summed E-state index contributed by atoms with van der Waals surface area (Å²) in [6, 6.07) is 15.2. The third-order valence-corrected chi connectivity index (χ3v) is 8.23. The Morgan fingerprint density at radius 1 is 1.00 bits per heavy atom. The monoisotopic (exact) mass is 456 g/mol. The van der Waals surface area contributed by atoms with Crippen molar-refractivity contribution in [2.45, 2.75) is 57.0 Å². The van der Waals surface area contributed by atoms with Gasteiger partial charge in [-0.25, -0.2) is 8.42 Å². The van der Waals surface area contributed by atoms with Crippen molar-refractivity contribution < 1.29 is 17.9 Å². The number of hydrogen-bond donors (Lipinski definition) is 0. The van der Waals surface area contributed by atoms with Gasteiger partial charge < -0.3 is 9.64 Å². The number of piperidine rings is 1. The molecule has 0 unspecified atom stereocenters. The maximum atomic E-state index is 13.3. The van der Waals surface area contributed by atoms with Crippen LogP contribution in [0.4, 0.5) is 0 Å². The third kappa shape index (κ3) is 5.15. The van der Waals surface area contributed by atoms with Crippen LogP contribution < -0.4 is 4.74 Å². The average molecular weight is 457 g/mol. The predicted molar refractivity (Wildman–Crippen MR) is 124 cm³/mol. The lowest BCUT2D eigenvalue weighted by Gasteiger charge is -2.34. The van der Waals surface area contributed by atoms with E-state index >= 15 is 0 Å². The summed E-state index contributed by atoms with van der Waals surface area (Å²) in [6.07, 6.45) is 3.24. The Bertz CT molecular complexity index is 1020. The van der Waals surface area contributed by atoms with Crippen molar-refractivity contribution in [1.82, 2.24) is 9.21 Å². The molecule has 1 saturated carbocycles. The molecule has 172 valence electrons. The number of carbonyl (C=O) groups excluding carboxylic acids is 1. The Labute approximate surface area is 191 Å². The van der Waals surface area contributed by atoms with E-state index in [0.717, 1.165) is 18.4 Å². The molecule has 0 N–H and O–H groups in total. The smallest absolute Gasteiger partial charge is 0.243 e. The molecule has 0 radical (unpaired) electrons. The average Bonchev–Trinajstić information content (AvgIpc) is 3.64. The first kappa shape index (κ1) is 22.8. The standard InChI is InChI=1S/C25H32N2O4S/c1-3-31-23-10-12-24(13-11-23)32(29,30)26-16-14-21(15-17-26)25(28)27(22-8-9-22)18-20-6-4-19(2)5-7-20/h4-7,10-13,21-22H,3,8-9,14-18H2,1-2H3. The molecule has 1 saturated heterocycles. The summed E-state index contributed by atoms with van der Waals surface area (Å²) in [4.78, 5) is 15.6. The normalized spacial score (nSPS) is 17.8. The fourth-order valence-electron chi connectivity index (χ4n) is 4.26. The van der Waals surface area contributed by atoms with Gasteiger partial charge in [0.1, 0.15) is 5.75 Å². The van der Waals surface area contributed by atoms with E-state index in [2.05, 4.69) is 31.2 Å². The number of carbonyl (C=O) groups is 1. The molecule has 7 heteroatoms. The summed E-state index contributed by atoms with van der Waals surface area (Å²) in [5.74, 6) is 0.712. The van der Waals surface area contributed by atoms with Crippen LogP contribution in [0.5, 0.6) is 5.75 Å². The predicted octanol–water partition coefficient (Wildman–Crippen LogP) is 3.99. The van der Waals surface area contributed by atoms with Gasteiger partial charge in [-0.05, 0) is 69.4 Å². The minimum Gasteiger partial charge on any atom is -0.494 e. The number of benzene rings is 2. The largest absolute Gasteiger partial charge is 0.494 e. The van der Waals surface area contributed by atoms with Gasteiger partial charge in [0.25, 0.3) is 0 Å². The Balaban J connectivity index is 1.38. The van der Waals surface area contributed by atoms with Crippen LogP contribution in [0.3, 0.4) is 0 Å². The summed E-state index contributed by atoms with van der Waals surface area (Å²) >= 11 is 0. The molecule has 2 aliphatic rings. The van der Waals surface area contributed by atoms with Gasteiger partial charge in [-0.15, -0.1) is 0 Å². The lowest BCUT2D eigenvalue weighted by molar-refractivity contribution is -0.138. The molecule has 32 heavy (non-hydrogen) atoms. The van der Waals surface area contributed by atoms with Crippen LogP contribution >= 0.6 is 0 Å². The fraction of sp³-hybridized carbons (Fsp3) is 0.480. The molecule has 0 aromatic heterocycles. The second-order valence-corrected chi connectivity index (χ2v) is 10.7.